The Morgan fingerprint density at radius 1 is 1.30 bits per heavy atom. The fraction of sp³-hybridized carbons (Fsp3) is 0.714. The predicted octanol–water partition coefficient (Wildman–Crippen LogP) is 4.72. The van der Waals surface area contributed by atoms with Gasteiger partial charge in [0.25, 0.3) is 0 Å². The standard InChI is InChI=1S/C21H33NO/c1-6-7-8-9-21-10-11-22(4)19(16(21)3)13-17-12-15(2)20(23-5)14-18(17)21/h12,14,16,19H,6-11,13H2,1-5H3/t16-,19+,21-/m1/s1. The van der Waals surface area contributed by atoms with Crippen LogP contribution in [0.3, 0.4) is 0 Å². The normalized spacial score (nSPS) is 30.1. The van der Waals surface area contributed by atoms with Crippen LogP contribution in [0.4, 0.5) is 0 Å². The van der Waals surface area contributed by atoms with Gasteiger partial charge in [0.15, 0.2) is 0 Å². The average molecular weight is 316 g/mol. The van der Waals surface area contributed by atoms with Crippen molar-refractivity contribution in [1.82, 2.24) is 4.90 Å². The van der Waals surface area contributed by atoms with Gasteiger partial charge in [-0.2, -0.15) is 0 Å². The average Bonchev–Trinajstić information content (AvgIpc) is 2.53. The Morgan fingerprint density at radius 3 is 2.78 bits per heavy atom. The number of likely N-dealkylation sites (tertiary alicyclic amines) is 1. The Kier molecular flexibility index (Phi) is 4.73. The van der Waals surface area contributed by atoms with Crippen LogP contribution in [0.15, 0.2) is 12.1 Å². The zero-order chi connectivity index (χ0) is 16.6. The summed E-state index contributed by atoms with van der Waals surface area (Å²) < 4.78 is 5.67. The van der Waals surface area contributed by atoms with Gasteiger partial charge in [-0.15, -0.1) is 0 Å². The van der Waals surface area contributed by atoms with E-state index in [4.69, 9.17) is 4.74 Å². The minimum absolute atomic E-state index is 0.362. The third kappa shape index (κ3) is 2.69. The number of piperidine rings is 1. The highest BCUT2D eigenvalue weighted by molar-refractivity contribution is 5.49. The number of likely N-dealkylation sites (N-methyl/N-ethyl adjacent to an activating group) is 1. The number of hydrogen-bond acceptors (Lipinski definition) is 2. The summed E-state index contributed by atoms with van der Waals surface area (Å²) in [4.78, 5) is 2.60. The van der Waals surface area contributed by atoms with E-state index >= 15 is 0 Å². The van der Waals surface area contributed by atoms with Crippen molar-refractivity contribution in [3.63, 3.8) is 0 Å². The molecule has 0 saturated carbocycles. The summed E-state index contributed by atoms with van der Waals surface area (Å²) in [5, 5.41) is 0. The lowest BCUT2D eigenvalue weighted by molar-refractivity contribution is 0.0344. The molecule has 0 spiro atoms. The molecule has 1 fully saturated rings. The van der Waals surface area contributed by atoms with E-state index in [0.717, 1.165) is 11.7 Å². The molecule has 1 aromatic carbocycles. The van der Waals surface area contributed by atoms with E-state index in [1.165, 1.54) is 50.6 Å². The number of aryl methyl sites for hydroxylation is 1. The number of unbranched alkanes of at least 4 members (excludes halogenated alkanes) is 2. The quantitative estimate of drug-likeness (QED) is 0.729. The molecule has 0 N–H and O–H groups in total. The van der Waals surface area contributed by atoms with Gasteiger partial charge in [0.2, 0.25) is 0 Å². The fourth-order valence-electron chi connectivity index (χ4n) is 5.24. The summed E-state index contributed by atoms with van der Waals surface area (Å²) in [6, 6.07) is 5.49. The van der Waals surface area contributed by atoms with Crippen LogP contribution in [0.25, 0.3) is 0 Å². The zero-order valence-electron chi connectivity index (χ0n) is 15.6. The Hall–Kier alpha value is -1.02. The lowest BCUT2D eigenvalue weighted by Gasteiger charge is -2.55. The van der Waals surface area contributed by atoms with Gasteiger partial charge in [-0.05, 0) is 68.5 Å². The second-order valence-corrected chi connectivity index (χ2v) is 7.88. The first kappa shape index (κ1) is 16.8. The first-order valence-electron chi connectivity index (χ1n) is 9.41. The van der Waals surface area contributed by atoms with E-state index in [0.29, 0.717) is 11.5 Å². The molecule has 2 bridgehead atoms. The molecule has 23 heavy (non-hydrogen) atoms. The Bertz CT molecular complexity index is 567. The maximum Gasteiger partial charge on any atom is 0.122 e. The number of nitrogens with zero attached hydrogens (tertiary/aromatic N) is 1. The van der Waals surface area contributed by atoms with Gasteiger partial charge >= 0.3 is 0 Å². The van der Waals surface area contributed by atoms with Crippen molar-refractivity contribution in [3.05, 3.63) is 28.8 Å². The molecular formula is C21H33NO. The van der Waals surface area contributed by atoms with E-state index in [9.17, 15) is 0 Å². The SMILES string of the molecule is CCCCC[C@]12CCN(C)[C@@H](Cc3cc(C)c(OC)cc31)[C@H]2C. The van der Waals surface area contributed by atoms with Crippen LogP contribution in [0.2, 0.25) is 0 Å². The summed E-state index contributed by atoms with van der Waals surface area (Å²) in [6.45, 7) is 8.22. The molecule has 2 aliphatic rings. The Morgan fingerprint density at radius 2 is 2.09 bits per heavy atom. The molecule has 0 radical (unpaired) electrons. The van der Waals surface area contributed by atoms with E-state index in [2.05, 4.69) is 44.9 Å². The molecule has 1 aliphatic heterocycles. The maximum atomic E-state index is 5.67. The molecule has 0 unspecified atom stereocenters. The van der Waals surface area contributed by atoms with Crippen molar-refractivity contribution in [1.29, 1.82) is 0 Å². The van der Waals surface area contributed by atoms with E-state index < -0.39 is 0 Å². The van der Waals surface area contributed by atoms with Gasteiger partial charge < -0.3 is 9.64 Å². The van der Waals surface area contributed by atoms with Crippen molar-refractivity contribution < 1.29 is 4.74 Å². The van der Waals surface area contributed by atoms with Crippen LogP contribution in [0.5, 0.6) is 5.75 Å². The lowest BCUT2D eigenvalue weighted by Crippen LogP contribution is -2.57. The minimum atomic E-state index is 0.362. The molecule has 2 heteroatoms. The van der Waals surface area contributed by atoms with Gasteiger partial charge in [-0.3, -0.25) is 0 Å². The summed E-state index contributed by atoms with van der Waals surface area (Å²) in [5.41, 5.74) is 4.83. The van der Waals surface area contributed by atoms with Crippen LogP contribution in [-0.4, -0.2) is 31.6 Å². The smallest absolute Gasteiger partial charge is 0.122 e. The minimum Gasteiger partial charge on any atom is -0.496 e. The topological polar surface area (TPSA) is 12.5 Å². The molecule has 1 aliphatic carbocycles. The Balaban J connectivity index is 2.07. The summed E-state index contributed by atoms with van der Waals surface area (Å²) >= 11 is 0. The maximum absolute atomic E-state index is 5.67. The first-order chi connectivity index (χ1) is 11.0. The number of methoxy groups -OCH3 is 1. The van der Waals surface area contributed by atoms with Crippen molar-refractivity contribution >= 4 is 0 Å². The van der Waals surface area contributed by atoms with Gasteiger partial charge in [-0.1, -0.05) is 39.2 Å². The van der Waals surface area contributed by atoms with Gasteiger partial charge in [0.1, 0.15) is 5.75 Å². The molecular weight excluding hydrogens is 282 g/mol. The van der Waals surface area contributed by atoms with Crippen molar-refractivity contribution in [2.45, 2.75) is 70.8 Å². The predicted molar refractivity (Wildman–Crippen MR) is 97.5 cm³/mol. The van der Waals surface area contributed by atoms with Gasteiger partial charge in [0.05, 0.1) is 7.11 Å². The van der Waals surface area contributed by atoms with Crippen molar-refractivity contribution in [2.75, 3.05) is 20.7 Å². The number of hydrogen-bond donors (Lipinski definition) is 0. The van der Waals surface area contributed by atoms with E-state index in [-0.39, 0.29) is 0 Å². The number of ether oxygens (including phenoxy) is 1. The van der Waals surface area contributed by atoms with Crippen molar-refractivity contribution in [3.8, 4) is 5.75 Å². The second-order valence-electron chi connectivity index (χ2n) is 7.88. The first-order valence-corrected chi connectivity index (χ1v) is 9.41. The third-order valence-electron chi connectivity index (χ3n) is 6.74. The molecule has 1 heterocycles. The molecule has 2 nitrogen and oxygen atoms in total. The molecule has 3 rings (SSSR count). The van der Waals surface area contributed by atoms with E-state index in [1.54, 1.807) is 11.1 Å². The molecule has 3 atom stereocenters. The molecule has 1 saturated heterocycles. The summed E-state index contributed by atoms with van der Waals surface area (Å²) in [5.74, 6) is 1.81. The molecule has 0 aromatic heterocycles. The highest BCUT2D eigenvalue weighted by atomic mass is 16.5. The number of benzene rings is 1. The number of rotatable bonds is 5. The third-order valence-corrected chi connectivity index (χ3v) is 6.74. The monoisotopic (exact) mass is 315 g/mol. The summed E-state index contributed by atoms with van der Waals surface area (Å²) in [6.07, 6.45) is 7.85. The zero-order valence-corrected chi connectivity index (χ0v) is 15.6. The Labute approximate surface area is 142 Å². The fourth-order valence-corrected chi connectivity index (χ4v) is 5.24. The van der Waals surface area contributed by atoms with Crippen LogP contribution in [-0.2, 0) is 11.8 Å². The van der Waals surface area contributed by atoms with Crippen LogP contribution < -0.4 is 4.74 Å². The highest BCUT2D eigenvalue weighted by Crippen LogP contribution is 2.52. The van der Waals surface area contributed by atoms with E-state index in [1.807, 2.05) is 7.11 Å². The number of fused-ring (bicyclic) bond motifs is 4. The molecule has 0 amide bonds. The van der Waals surface area contributed by atoms with Gasteiger partial charge in [-0.25, -0.2) is 0 Å². The summed E-state index contributed by atoms with van der Waals surface area (Å²) in [7, 11) is 4.13. The van der Waals surface area contributed by atoms with Crippen LogP contribution >= 0.6 is 0 Å². The molecule has 1 aromatic rings. The second kappa shape index (κ2) is 6.47. The van der Waals surface area contributed by atoms with Crippen LogP contribution in [0.1, 0.15) is 62.6 Å². The highest BCUT2D eigenvalue weighted by Gasteiger charge is 2.50. The van der Waals surface area contributed by atoms with Gasteiger partial charge in [0, 0.05) is 11.5 Å². The molecule has 128 valence electrons. The van der Waals surface area contributed by atoms with Crippen molar-refractivity contribution in [2.24, 2.45) is 5.92 Å². The van der Waals surface area contributed by atoms with Crippen LogP contribution in [0, 0.1) is 12.8 Å². The largest absolute Gasteiger partial charge is 0.496 e. The lowest BCUT2D eigenvalue weighted by atomic mass is 9.56.